The second kappa shape index (κ2) is 4.91. The Kier molecular flexibility index (Phi) is 3.54. The third-order valence-electron chi connectivity index (χ3n) is 3.26. The van der Waals surface area contributed by atoms with Crippen LogP contribution in [0.4, 0.5) is 5.88 Å². The fraction of sp³-hybridized carbons (Fsp3) is 0.692. The molecule has 90 valence electrons. The number of hydrogen-bond donors (Lipinski definition) is 1. The standard InChI is InChI=1S/C13H22N2O/c1-10(14)9-12-6-7-13(16-12)15-8-4-3-5-11(15)2/h6-7,10-11H,3-5,8-9,14H2,1-2H3. The molecule has 0 spiro atoms. The van der Waals surface area contributed by atoms with Crippen LogP contribution in [0.25, 0.3) is 0 Å². The van der Waals surface area contributed by atoms with Crippen LogP contribution >= 0.6 is 0 Å². The van der Waals surface area contributed by atoms with Crippen LogP contribution in [0.3, 0.4) is 0 Å². The molecule has 16 heavy (non-hydrogen) atoms. The largest absolute Gasteiger partial charge is 0.445 e. The van der Waals surface area contributed by atoms with Gasteiger partial charge in [0.2, 0.25) is 0 Å². The number of anilines is 1. The summed E-state index contributed by atoms with van der Waals surface area (Å²) in [5, 5.41) is 0. The Morgan fingerprint density at radius 3 is 3.00 bits per heavy atom. The van der Waals surface area contributed by atoms with E-state index in [0.29, 0.717) is 6.04 Å². The number of furan rings is 1. The van der Waals surface area contributed by atoms with Gasteiger partial charge in [-0.25, -0.2) is 0 Å². The monoisotopic (exact) mass is 222 g/mol. The van der Waals surface area contributed by atoms with E-state index in [-0.39, 0.29) is 6.04 Å². The van der Waals surface area contributed by atoms with Crippen LogP contribution in [0, 0.1) is 0 Å². The molecule has 2 unspecified atom stereocenters. The highest BCUT2D eigenvalue weighted by Crippen LogP contribution is 2.26. The Morgan fingerprint density at radius 2 is 2.31 bits per heavy atom. The van der Waals surface area contributed by atoms with Gasteiger partial charge in [0.1, 0.15) is 5.76 Å². The van der Waals surface area contributed by atoms with Crippen LogP contribution in [-0.2, 0) is 6.42 Å². The lowest BCUT2D eigenvalue weighted by Crippen LogP contribution is -2.37. The number of piperidine rings is 1. The maximum absolute atomic E-state index is 5.85. The van der Waals surface area contributed by atoms with E-state index in [2.05, 4.69) is 24.0 Å². The van der Waals surface area contributed by atoms with E-state index < -0.39 is 0 Å². The average molecular weight is 222 g/mol. The minimum absolute atomic E-state index is 0.165. The van der Waals surface area contributed by atoms with Crippen molar-refractivity contribution in [1.82, 2.24) is 0 Å². The maximum atomic E-state index is 5.85. The summed E-state index contributed by atoms with van der Waals surface area (Å²) in [6.45, 7) is 5.39. The predicted molar refractivity (Wildman–Crippen MR) is 66.7 cm³/mol. The number of nitrogens with two attached hydrogens (primary N) is 1. The zero-order chi connectivity index (χ0) is 11.5. The van der Waals surface area contributed by atoms with E-state index in [9.17, 15) is 0 Å². The van der Waals surface area contributed by atoms with Crippen molar-refractivity contribution < 1.29 is 4.42 Å². The molecule has 1 aromatic heterocycles. The molecular formula is C13H22N2O. The van der Waals surface area contributed by atoms with Crippen molar-refractivity contribution in [3.8, 4) is 0 Å². The van der Waals surface area contributed by atoms with Crippen molar-refractivity contribution in [3.63, 3.8) is 0 Å². The summed E-state index contributed by atoms with van der Waals surface area (Å²) in [5.74, 6) is 2.02. The molecule has 3 nitrogen and oxygen atoms in total. The summed E-state index contributed by atoms with van der Waals surface area (Å²) in [4.78, 5) is 2.37. The van der Waals surface area contributed by atoms with E-state index >= 15 is 0 Å². The molecule has 2 N–H and O–H groups in total. The minimum atomic E-state index is 0.165. The predicted octanol–water partition coefficient (Wildman–Crippen LogP) is 2.55. The lowest BCUT2D eigenvalue weighted by atomic mass is 10.0. The zero-order valence-corrected chi connectivity index (χ0v) is 10.3. The van der Waals surface area contributed by atoms with Gasteiger partial charge in [-0.3, -0.25) is 0 Å². The lowest BCUT2D eigenvalue weighted by Gasteiger charge is -2.33. The van der Waals surface area contributed by atoms with Crippen molar-refractivity contribution in [2.45, 2.75) is 51.6 Å². The summed E-state index contributed by atoms with van der Waals surface area (Å²) in [6.07, 6.45) is 4.70. The highest BCUT2D eigenvalue weighted by molar-refractivity contribution is 5.38. The third kappa shape index (κ3) is 2.59. The summed E-state index contributed by atoms with van der Waals surface area (Å²) in [5.41, 5.74) is 5.77. The van der Waals surface area contributed by atoms with E-state index in [0.717, 1.165) is 24.6 Å². The van der Waals surface area contributed by atoms with Crippen LogP contribution in [0.15, 0.2) is 16.5 Å². The summed E-state index contributed by atoms with van der Waals surface area (Å²) in [7, 11) is 0. The molecule has 0 amide bonds. The van der Waals surface area contributed by atoms with Crippen LogP contribution in [0.5, 0.6) is 0 Å². The first kappa shape index (κ1) is 11.5. The maximum Gasteiger partial charge on any atom is 0.195 e. The van der Waals surface area contributed by atoms with Gasteiger partial charge in [-0.2, -0.15) is 0 Å². The van der Waals surface area contributed by atoms with E-state index in [1.807, 2.05) is 6.92 Å². The highest BCUT2D eigenvalue weighted by Gasteiger charge is 2.21. The average Bonchev–Trinajstić information content (AvgIpc) is 2.66. The molecule has 1 aliphatic rings. The second-order valence-corrected chi connectivity index (χ2v) is 4.96. The molecular weight excluding hydrogens is 200 g/mol. The van der Waals surface area contributed by atoms with Crippen molar-refractivity contribution in [1.29, 1.82) is 0 Å². The van der Waals surface area contributed by atoms with Crippen LogP contribution in [0.2, 0.25) is 0 Å². The molecule has 0 saturated carbocycles. The minimum Gasteiger partial charge on any atom is -0.445 e. The van der Waals surface area contributed by atoms with E-state index in [1.54, 1.807) is 0 Å². The molecule has 0 aliphatic carbocycles. The van der Waals surface area contributed by atoms with Gasteiger partial charge in [0.15, 0.2) is 5.88 Å². The quantitative estimate of drug-likeness (QED) is 0.854. The molecule has 0 bridgehead atoms. The van der Waals surface area contributed by atoms with Gasteiger partial charge >= 0.3 is 0 Å². The molecule has 1 aliphatic heterocycles. The van der Waals surface area contributed by atoms with Gasteiger partial charge in [0.05, 0.1) is 0 Å². The molecule has 1 aromatic rings. The van der Waals surface area contributed by atoms with Crippen LogP contribution in [0.1, 0.15) is 38.9 Å². The Balaban J connectivity index is 2.05. The first-order valence-electron chi connectivity index (χ1n) is 6.28. The second-order valence-electron chi connectivity index (χ2n) is 4.96. The van der Waals surface area contributed by atoms with Crippen LogP contribution < -0.4 is 10.6 Å². The van der Waals surface area contributed by atoms with Gasteiger partial charge in [-0.05, 0) is 39.2 Å². The Hall–Kier alpha value is -0.960. The van der Waals surface area contributed by atoms with Gasteiger partial charge in [-0.15, -0.1) is 0 Å². The Morgan fingerprint density at radius 1 is 1.50 bits per heavy atom. The summed E-state index contributed by atoms with van der Waals surface area (Å²) in [6, 6.07) is 4.90. The number of rotatable bonds is 3. The molecule has 0 radical (unpaired) electrons. The fourth-order valence-corrected chi connectivity index (χ4v) is 2.37. The van der Waals surface area contributed by atoms with Crippen molar-refractivity contribution in [2.75, 3.05) is 11.4 Å². The molecule has 1 saturated heterocycles. The molecule has 0 aromatic carbocycles. The third-order valence-corrected chi connectivity index (χ3v) is 3.26. The fourth-order valence-electron chi connectivity index (χ4n) is 2.37. The van der Waals surface area contributed by atoms with Gasteiger partial charge in [-0.1, -0.05) is 0 Å². The number of nitrogens with zero attached hydrogens (tertiary/aromatic N) is 1. The van der Waals surface area contributed by atoms with Gasteiger partial charge in [0.25, 0.3) is 0 Å². The van der Waals surface area contributed by atoms with Gasteiger partial charge in [0, 0.05) is 31.1 Å². The SMILES string of the molecule is CC(N)Cc1ccc(N2CCCCC2C)o1. The Bertz CT molecular complexity index is 332. The molecule has 2 heterocycles. The molecule has 1 fully saturated rings. The number of hydrogen-bond acceptors (Lipinski definition) is 3. The topological polar surface area (TPSA) is 42.4 Å². The van der Waals surface area contributed by atoms with Crippen molar-refractivity contribution >= 4 is 5.88 Å². The van der Waals surface area contributed by atoms with E-state index in [4.69, 9.17) is 10.2 Å². The highest BCUT2D eigenvalue weighted by atomic mass is 16.4. The van der Waals surface area contributed by atoms with Crippen molar-refractivity contribution in [2.24, 2.45) is 5.73 Å². The van der Waals surface area contributed by atoms with Crippen LogP contribution in [-0.4, -0.2) is 18.6 Å². The Labute approximate surface area is 97.6 Å². The van der Waals surface area contributed by atoms with Gasteiger partial charge < -0.3 is 15.1 Å². The normalized spacial score (nSPS) is 23.4. The molecule has 2 rings (SSSR count). The first-order chi connectivity index (χ1) is 7.66. The lowest BCUT2D eigenvalue weighted by molar-refractivity contribution is 0.424. The molecule has 3 heteroatoms. The van der Waals surface area contributed by atoms with E-state index in [1.165, 1.54) is 19.3 Å². The summed E-state index contributed by atoms with van der Waals surface area (Å²) < 4.78 is 5.85. The summed E-state index contributed by atoms with van der Waals surface area (Å²) >= 11 is 0. The van der Waals surface area contributed by atoms with Crippen molar-refractivity contribution in [3.05, 3.63) is 17.9 Å². The molecule has 2 atom stereocenters. The zero-order valence-electron chi connectivity index (χ0n) is 10.3. The first-order valence-corrected chi connectivity index (χ1v) is 6.28. The smallest absolute Gasteiger partial charge is 0.195 e.